The van der Waals surface area contributed by atoms with Gasteiger partial charge in [0.1, 0.15) is 0 Å². The molecule has 3 heterocycles. The van der Waals surface area contributed by atoms with E-state index in [1.165, 1.54) is 22.2 Å². The van der Waals surface area contributed by atoms with Crippen molar-refractivity contribution in [3.05, 3.63) is 57.7 Å². The lowest BCUT2D eigenvalue weighted by Gasteiger charge is -2.36. The lowest BCUT2D eigenvalue weighted by Crippen LogP contribution is -2.46. The Balaban J connectivity index is 1.64. The summed E-state index contributed by atoms with van der Waals surface area (Å²) in [6.45, 7) is 2.91. The monoisotopic (exact) mass is 441 g/mol. The smallest absolute Gasteiger partial charge is 0.188 e. The minimum atomic E-state index is -0.883. The summed E-state index contributed by atoms with van der Waals surface area (Å²) < 4.78 is 15.4. The third-order valence-electron chi connectivity index (χ3n) is 5.98. The van der Waals surface area contributed by atoms with Gasteiger partial charge in [0.25, 0.3) is 0 Å². The van der Waals surface area contributed by atoms with Crippen molar-refractivity contribution in [2.45, 2.75) is 31.5 Å². The van der Waals surface area contributed by atoms with Crippen molar-refractivity contribution < 1.29 is 9.47 Å². The van der Waals surface area contributed by atoms with Crippen molar-refractivity contribution in [3.63, 3.8) is 0 Å². The molecule has 0 saturated heterocycles. The molecule has 2 aliphatic heterocycles. The first-order valence-corrected chi connectivity index (χ1v) is 10.6. The van der Waals surface area contributed by atoms with Crippen molar-refractivity contribution in [3.8, 4) is 11.5 Å². The van der Waals surface area contributed by atoms with Crippen LogP contribution < -0.4 is 20.5 Å². The predicted octanol–water partition coefficient (Wildman–Crippen LogP) is 3.69. The molecule has 1 unspecified atom stereocenters. The van der Waals surface area contributed by atoms with E-state index in [1.54, 1.807) is 7.11 Å². The molecule has 28 heavy (non-hydrogen) atoms. The Morgan fingerprint density at radius 3 is 2.86 bits per heavy atom. The second-order valence-electron chi connectivity index (χ2n) is 7.57. The fraction of sp³-hybridized carbons (Fsp3) is 0.364. The van der Waals surface area contributed by atoms with E-state index in [-0.39, 0.29) is 0 Å². The van der Waals surface area contributed by atoms with Gasteiger partial charge in [-0.3, -0.25) is 5.73 Å². The van der Waals surface area contributed by atoms with Crippen LogP contribution in [0.3, 0.4) is 0 Å². The van der Waals surface area contributed by atoms with Gasteiger partial charge in [-0.25, -0.2) is 0 Å². The predicted molar refractivity (Wildman–Crippen MR) is 114 cm³/mol. The van der Waals surface area contributed by atoms with Crippen LogP contribution in [0.4, 0.5) is 0 Å². The van der Waals surface area contributed by atoms with Gasteiger partial charge >= 0.3 is 0 Å². The Labute approximate surface area is 172 Å². The van der Waals surface area contributed by atoms with Gasteiger partial charge in [-0.05, 0) is 36.7 Å². The van der Waals surface area contributed by atoms with Crippen LogP contribution in [-0.4, -0.2) is 24.8 Å². The quantitative estimate of drug-likeness (QED) is 0.608. The number of hydrogen-bond acceptors (Lipinski definition) is 4. The average Bonchev–Trinajstić information content (AvgIpc) is 2.84. The first kappa shape index (κ1) is 18.0. The number of para-hydroxylation sites is 1. The van der Waals surface area contributed by atoms with Crippen LogP contribution in [0.1, 0.15) is 23.2 Å². The fourth-order valence-electron chi connectivity index (χ4n) is 4.67. The molecule has 0 amide bonds. The Kier molecular flexibility index (Phi) is 4.38. The summed E-state index contributed by atoms with van der Waals surface area (Å²) in [6, 6.07) is 12.2. The van der Waals surface area contributed by atoms with E-state index in [4.69, 9.17) is 15.2 Å². The number of nitrogens with one attached hydrogen (secondary N) is 1. The van der Waals surface area contributed by atoms with E-state index < -0.39 is 5.72 Å². The number of fused-ring (bicyclic) bond motifs is 3. The highest BCUT2D eigenvalue weighted by molar-refractivity contribution is 9.10. The molecule has 2 aliphatic rings. The van der Waals surface area contributed by atoms with E-state index in [2.05, 4.69) is 44.0 Å². The van der Waals surface area contributed by atoms with Gasteiger partial charge in [0, 0.05) is 47.0 Å². The summed E-state index contributed by atoms with van der Waals surface area (Å²) in [5, 5.41) is 4.83. The number of methoxy groups -OCH3 is 1. The van der Waals surface area contributed by atoms with Gasteiger partial charge in [0.05, 0.1) is 12.6 Å². The molecule has 0 aliphatic carbocycles. The van der Waals surface area contributed by atoms with Crippen molar-refractivity contribution >= 4 is 26.8 Å². The molecule has 6 heteroatoms. The summed E-state index contributed by atoms with van der Waals surface area (Å²) in [6.07, 6.45) is 2.83. The molecular weight excluding hydrogens is 418 g/mol. The Morgan fingerprint density at radius 2 is 2.00 bits per heavy atom. The van der Waals surface area contributed by atoms with Gasteiger partial charge < -0.3 is 19.4 Å². The maximum Gasteiger partial charge on any atom is 0.188 e. The Morgan fingerprint density at radius 1 is 1.14 bits per heavy atom. The number of ether oxygens (including phenoxy) is 2. The molecule has 146 valence electrons. The third-order valence-corrected chi connectivity index (χ3v) is 6.47. The highest BCUT2D eigenvalue weighted by atomic mass is 79.9. The molecule has 3 aromatic rings. The van der Waals surface area contributed by atoms with E-state index in [1.807, 2.05) is 18.2 Å². The molecule has 1 aromatic heterocycles. The van der Waals surface area contributed by atoms with Crippen LogP contribution in [0.2, 0.25) is 0 Å². The van der Waals surface area contributed by atoms with Crippen LogP contribution in [-0.2, 0) is 25.1 Å². The highest BCUT2D eigenvalue weighted by Gasteiger charge is 2.38. The van der Waals surface area contributed by atoms with Crippen molar-refractivity contribution in [2.75, 3.05) is 20.2 Å². The Hall–Kier alpha value is -2.02. The molecule has 3 N–H and O–H groups in total. The highest BCUT2D eigenvalue weighted by Crippen LogP contribution is 2.42. The van der Waals surface area contributed by atoms with Gasteiger partial charge in [0.15, 0.2) is 17.2 Å². The number of benzene rings is 2. The van der Waals surface area contributed by atoms with Gasteiger partial charge in [-0.1, -0.05) is 34.1 Å². The summed E-state index contributed by atoms with van der Waals surface area (Å²) >= 11 is 3.48. The second-order valence-corrected chi connectivity index (χ2v) is 8.48. The molecule has 0 fully saturated rings. The first-order chi connectivity index (χ1) is 13.6. The Bertz CT molecular complexity index is 1060. The SMILES string of the molecule is COc1cc(Br)ccc1OC1(N)CCn2c3c(c4cccc1c42)CCNCC3. The van der Waals surface area contributed by atoms with Crippen molar-refractivity contribution in [2.24, 2.45) is 5.73 Å². The van der Waals surface area contributed by atoms with E-state index in [0.717, 1.165) is 42.5 Å². The number of nitrogens with zero attached hydrogens (tertiary/aromatic N) is 1. The molecule has 0 radical (unpaired) electrons. The maximum atomic E-state index is 6.90. The van der Waals surface area contributed by atoms with Crippen molar-refractivity contribution in [1.82, 2.24) is 9.88 Å². The number of aromatic nitrogens is 1. The van der Waals surface area contributed by atoms with Crippen LogP contribution in [0, 0.1) is 0 Å². The lowest BCUT2D eigenvalue weighted by atomic mass is 9.94. The molecule has 0 saturated carbocycles. The number of aryl methyl sites for hydroxylation is 1. The molecule has 0 bridgehead atoms. The maximum absolute atomic E-state index is 6.90. The first-order valence-electron chi connectivity index (χ1n) is 9.76. The van der Waals surface area contributed by atoms with Crippen LogP contribution in [0.15, 0.2) is 40.9 Å². The number of hydrogen-bond donors (Lipinski definition) is 2. The molecule has 1 atom stereocenters. The van der Waals surface area contributed by atoms with Crippen molar-refractivity contribution in [1.29, 1.82) is 0 Å². The zero-order valence-electron chi connectivity index (χ0n) is 15.9. The minimum absolute atomic E-state index is 0.663. The largest absolute Gasteiger partial charge is 0.493 e. The normalized spacial score (nSPS) is 21.2. The standard InChI is InChI=1S/C22H24BrN3O2/c1-27-20-13-14(23)5-6-19(20)28-22(24)9-12-26-18-8-11-25-10-7-15(18)16-3-2-4-17(22)21(16)26/h2-6,13,25H,7-12,24H2,1H3. The molecule has 0 spiro atoms. The summed E-state index contributed by atoms with van der Waals surface area (Å²) in [4.78, 5) is 0. The van der Waals surface area contributed by atoms with E-state index in [9.17, 15) is 0 Å². The zero-order chi connectivity index (χ0) is 19.3. The van der Waals surface area contributed by atoms with Gasteiger partial charge in [0.2, 0.25) is 0 Å². The second kappa shape index (κ2) is 6.79. The van der Waals surface area contributed by atoms with Gasteiger partial charge in [-0.2, -0.15) is 0 Å². The molecule has 5 rings (SSSR count). The molecule has 5 nitrogen and oxygen atoms in total. The summed E-state index contributed by atoms with van der Waals surface area (Å²) in [5.41, 5.74) is 11.2. The fourth-order valence-corrected chi connectivity index (χ4v) is 5.01. The van der Waals surface area contributed by atoms with E-state index >= 15 is 0 Å². The van der Waals surface area contributed by atoms with Crippen LogP contribution in [0.25, 0.3) is 10.9 Å². The van der Waals surface area contributed by atoms with Crippen LogP contribution in [0.5, 0.6) is 11.5 Å². The average molecular weight is 442 g/mol. The number of halogens is 1. The minimum Gasteiger partial charge on any atom is -0.493 e. The van der Waals surface area contributed by atoms with Gasteiger partial charge in [-0.15, -0.1) is 0 Å². The van der Waals surface area contributed by atoms with E-state index in [0.29, 0.717) is 17.9 Å². The van der Waals surface area contributed by atoms with Crippen LogP contribution >= 0.6 is 15.9 Å². The number of nitrogens with two attached hydrogens (primary N) is 1. The summed E-state index contributed by atoms with van der Waals surface area (Å²) in [5.74, 6) is 1.34. The third kappa shape index (κ3) is 2.74. The zero-order valence-corrected chi connectivity index (χ0v) is 17.5. The molecule has 2 aromatic carbocycles. The summed E-state index contributed by atoms with van der Waals surface area (Å²) in [7, 11) is 1.65. The molecular formula is C22H24BrN3O2. The lowest BCUT2D eigenvalue weighted by molar-refractivity contribution is 0.0516. The topological polar surface area (TPSA) is 61.4 Å². The number of rotatable bonds is 3.